The number of amides is 1. The van der Waals surface area contributed by atoms with Gasteiger partial charge in [0.15, 0.2) is 0 Å². The highest BCUT2D eigenvalue weighted by Crippen LogP contribution is 2.61. The van der Waals surface area contributed by atoms with Crippen molar-refractivity contribution in [3.8, 4) is 11.1 Å². The van der Waals surface area contributed by atoms with Crippen molar-refractivity contribution in [2.45, 2.75) is 71.4 Å². The predicted octanol–water partition coefficient (Wildman–Crippen LogP) is 3.99. The summed E-state index contributed by atoms with van der Waals surface area (Å²) in [5.41, 5.74) is 4.60. The van der Waals surface area contributed by atoms with Crippen LogP contribution in [-0.4, -0.2) is 84.2 Å². The number of nitrogens with one attached hydrogen (secondary N) is 2. The van der Waals surface area contributed by atoms with Crippen molar-refractivity contribution < 1.29 is 19.8 Å². The van der Waals surface area contributed by atoms with E-state index < -0.39 is 24.2 Å². The molecule has 4 aliphatic rings. The second-order valence-electron chi connectivity index (χ2n) is 13.7. The summed E-state index contributed by atoms with van der Waals surface area (Å²) in [4.78, 5) is 22.2. The van der Waals surface area contributed by atoms with Gasteiger partial charge in [-0.25, -0.2) is 0 Å². The third-order valence-electron chi connectivity index (χ3n) is 10.4. The molecule has 0 aromatic heterocycles. The van der Waals surface area contributed by atoms with Crippen molar-refractivity contribution in [1.29, 1.82) is 0 Å². The summed E-state index contributed by atoms with van der Waals surface area (Å²) in [6.45, 7) is 10.6. The minimum atomic E-state index is -0.810. The maximum absolute atomic E-state index is 13.9. The molecule has 3 unspecified atom stereocenters. The predicted molar refractivity (Wildman–Crippen MR) is 166 cm³/mol. The van der Waals surface area contributed by atoms with Crippen molar-refractivity contribution in [1.82, 2.24) is 15.3 Å². The lowest BCUT2D eigenvalue weighted by Gasteiger charge is -2.62. The molecule has 1 heterocycles. The SMILES string of the molecule is CC1C(NC(=O)[C@@H]2[C@H]([C@H](C)O)C(CO)ON2Cc2cccc(-c3ccc(NCCN(C)C)cc3)c2)C[C@@H]2C[C@@H]1C2(C)C. The fourth-order valence-corrected chi connectivity index (χ4v) is 7.72. The van der Waals surface area contributed by atoms with E-state index in [0.717, 1.165) is 41.9 Å². The average molecular weight is 579 g/mol. The molecule has 2 aromatic carbocycles. The second kappa shape index (κ2) is 12.6. The molecule has 42 heavy (non-hydrogen) atoms. The monoisotopic (exact) mass is 578 g/mol. The molecule has 8 heteroatoms. The molecule has 6 rings (SSSR count). The largest absolute Gasteiger partial charge is 0.394 e. The fraction of sp³-hybridized carbons (Fsp3) is 0.618. The number of hydrogen-bond acceptors (Lipinski definition) is 7. The van der Waals surface area contributed by atoms with Crippen molar-refractivity contribution in [2.24, 2.45) is 29.1 Å². The van der Waals surface area contributed by atoms with Gasteiger partial charge in [-0.2, -0.15) is 5.06 Å². The molecular formula is C34H50N4O4. The lowest BCUT2D eigenvalue weighted by Crippen LogP contribution is -2.62. The number of fused-ring (bicyclic) bond motifs is 2. The number of rotatable bonds is 11. The first-order valence-electron chi connectivity index (χ1n) is 15.6. The molecule has 230 valence electrons. The topological polar surface area (TPSA) is 97.3 Å². The second-order valence-corrected chi connectivity index (χ2v) is 13.7. The Labute approximate surface area is 251 Å². The van der Waals surface area contributed by atoms with Gasteiger partial charge >= 0.3 is 0 Å². The summed E-state index contributed by atoms with van der Waals surface area (Å²) in [5.74, 6) is 0.982. The van der Waals surface area contributed by atoms with Gasteiger partial charge in [-0.15, -0.1) is 0 Å². The lowest BCUT2D eigenvalue weighted by atomic mass is 9.45. The number of aliphatic hydroxyl groups is 2. The van der Waals surface area contributed by atoms with Gasteiger partial charge < -0.3 is 25.7 Å². The number of carbonyl (C=O) groups excluding carboxylic acids is 1. The normalized spacial score (nSPS) is 31.0. The van der Waals surface area contributed by atoms with Crippen molar-refractivity contribution in [3.05, 3.63) is 54.1 Å². The Morgan fingerprint density at radius 3 is 2.50 bits per heavy atom. The number of hydrogen-bond donors (Lipinski definition) is 4. The van der Waals surface area contributed by atoms with E-state index in [0.29, 0.717) is 29.7 Å². The van der Waals surface area contributed by atoms with Crippen LogP contribution in [0.25, 0.3) is 11.1 Å². The molecular weight excluding hydrogens is 528 g/mol. The molecule has 4 fully saturated rings. The molecule has 0 radical (unpaired) electrons. The summed E-state index contributed by atoms with van der Waals surface area (Å²) in [7, 11) is 4.13. The van der Waals surface area contributed by atoms with Gasteiger partial charge in [0.2, 0.25) is 5.91 Å². The first-order valence-corrected chi connectivity index (χ1v) is 15.6. The van der Waals surface area contributed by atoms with Gasteiger partial charge in [0.1, 0.15) is 12.1 Å². The summed E-state index contributed by atoms with van der Waals surface area (Å²) in [6.07, 6.45) is 0.773. The highest BCUT2D eigenvalue weighted by molar-refractivity contribution is 5.83. The maximum atomic E-state index is 13.9. The molecule has 1 aliphatic heterocycles. The van der Waals surface area contributed by atoms with Crippen LogP contribution in [0.5, 0.6) is 0 Å². The molecule has 3 saturated carbocycles. The highest BCUT2D eigenvalue weighted by atomic mass is 16.7. The van der Waals surface area contributed by atoms with Crippen LogP contribution in [0.2, 0.25) is 0 Å². The zero-order valence-corrected chi connectivity index (χ0v) is 26.1. The van der Waals surface area contributed by atoms with Crippen LogP contribution < -0.4 is 10.6 Å². The first kappa shape index (κ1) is 31.0. The number of hydroxylamine groups is 2. The van der Waals surface area contributed by atoms with Crippen molar-refractivity contribution in [2.75, 3.05) is 39.1 Å². The third kappa shape index (κ3) is 6.24. The van der Waals surface area contributed by atoms with Gasteiger partial charge in [-0.3, -0.25) is 9.63 Å². The summed E-state index contributed by atoms with van der Waals surface area (Å²) >= 11 is 0. The molecule has 1 amide bonds. The Balaban J connectivity index is 1.30. The summed E-state index contributed by atoms with van der Waals surface area (Å²) < 4.78 is 0. The van der Waals surface area contributed by atoms with Crippen LogP contribution in [0.3, 0.4) is 0 Å². The van der Waals surface area contributed by atoms with E-state index in [1.54, 1.807) is 12.0 Å². The van der Waals surface area contributed by atoms with E-state index in [4.69, 9.17) is 4.84 Å². The van der Waals surface area contributed by atoms with Crippen LogP contribution in [0, 0.1) is 29.1 Å². The molecule has 2 aromatic rings. The number of anilines is 1. The minimum absolute atomic E-state index is 0.114. The smallest absolute Gasteiger partial charge is 0.240 e. The average Bonchev–Trinajstić information content (AvgIpc) is 3.32. The van der Waals surface area contributed by atoms with E-state index in [-0.39, 0.29) is 18.6 Å². The lowest BCUT2D eigenvalue weighted by molar-refractivity contribution is -0.183. The summed E-state index contributed by atoms with van der Waals surface area (Å²) in [5, 5.41) is 29.3. The summed E-state index contributed by atoms with van der Waals surface area (Å²) in [6, 6.07) is 16.1. The number of likely N-dealkylation sites (N-methyl/N-ethyl adjacent to an activating group) is 1. The molecule has 8 atom stereocenters. The molecule has 1 saturated heterocycles. The van der Waals surface area contributed by atoms with E-state index in [1.807, 2.05) is 12.1 Å². The van der Waals surface area contributed by atoms with E-state index in [1.165, 1.54) is 6.42 Å². The Morgan fingerprint density at radius 2 is 1.88 bits per heavy atom. The van der Waals surface area contributed by atoms with Crippen LogP contribution in [0.1, 0.15) is 46.1 Å². The molecule has 3 aliphatic carbocycles. The van der Waals surface area contributed by atoms with Gasteiger partial charge in [-0.05, 0) is 91.9 Å². The van der Waals surface area contributed by atoms with Crippen molar-refractivity contribution in [3.63, 3.8) is 0 Å². The van der Waals surface area contributed by atoms with Gasteiger partial charge in [0, 0.05) is 30.7 Å². The Hall–Kier alpha value is -2.49. The molecule has 0 spiro atoms. The van der Waals surface area contributed by atoms with E-state index in [9.17, 15) is 15.0 Å². The quantitative estimate of drug-likeness (QED) is 0.320. The van der Waals surface area contributed by atoms with E-state index in [2.05, 4.69) is 86.8 Å². The minimum Gasteiger partial charge on any atom is -0.394 e. The third-order valence-corrected chi connectivity index (χ3v) is 10.4. The maximum Gasteiger partial charge on any atom is 0.240 e. The van der Waals surface area contributed by atoms with Crippen LogP contribution in [-0.2, 0) is 16.2 Å². The van der Waals surface area contributed by atoms with Crippen LogP contribution in [0.15, 0.2) is 48.5 Å². The van der Waals surface area contributed by atoms with Gasteiger partial charge in [0.05, 0.1) is 19.3 Å². The van der Waals surface area contributed by atoms with Gasteiger partial charge in [0.25, 0.3) is 0 Å². The number of benzene rings is 2. The molecule has 2 bridgehead atoms. The van der Waals surface area contributed by atoms with Crippen LogP contribution in [0.4, 0.5) is 5.69 Å². The zero-order chi connectivity index (χ0) is 30.2. The van der Waals surface area contributed by atoms with Crippen molar-refractivity contribution >= 4 is 11.6 Å². The Kier molecular flexibility index (Phi) is 9.30. The van der Waals surface area contributed by atoms with Gasteiger partial charge in [-0.1, -0.05) is 51.1 Å². The highest BCUT2D eigenvalue weighted by Gasteiger charge is 2.57. The Bertz CT molecular complexity index is 1220. The number of aliphatic hydroxyl groups excluding tert-OH is 2. The fourth-order valence-electron chi connectivity index (χ4n) is 7.72. The first-order chi connectivity index (χ1) is 20.0. The van der Waals surface area contributed by atoms with Crippen LogP contribution >= 0.6 is 0 Å². The zero-order valence-electron chi connectivity index (χ0n) is 26.1. The standard InChI is InChI=1S/C34H50N4O4/c1-21-28-17-26(34(28,3)4)18-29(21)36-33(41)32-31(22(2)40)30(20-39)42-38(32)19-23-8-7-9-25(16-23)24-10-12-27(13-11-24)35-14-15-37(5)6/h7-13,16,21-22,26,28-32,35,39-40H,14-15,17-20H2,1-6H3,(H,36,41)/t21?,22-,26-,28-,29?,30?,31+,32-/m0/s1. The Morgan fingerprint density at radius 1 is 1.14 bits per heavy atom. The molecule has 4 N–H and O–H groups in total. The van der Waals surface area contributed by atoms with E-state index >= 15 is 0 Å². The number of nitrogens with zero attached hydrogens (tertiary/aromatic N) is 2. The molecule has 8 nitrogen and oxygen atoms in total. The number of carbonyl (C=O) groups is 1.